The Balaban J connectivity index is 1.07. The van der Waals surface area contributed by atoms with Crippen LogP contribution in [0.25, 0.3) is 0 Å². The second-order valence-corrected chi connectivity index (χ2v) is 24.5. The largest absolute Gasteiger partial charge is 0.312 e. The molecule has 0 radical (unpaired) electrons. The summed E-state index contributed by atoms with van der Waals surface area (Å²) in [7, 11) is 0. The Kier molecular flexibility index (Phi) is 9.33. The lowest BCUT2D eigenvalue weighted by molar-refractivity contribution is 0.812. The van der Waals surface area contributed by atoms with Crippen LogP contribution in [-0.2, 0) is 0 Å². The van der Waals surface area contributed by atoms with Gasteiger partial charge in [-0.1, -0.05) is 174 Å². The van der Waals surface area contributed by atoms with Gasteiger partial charge in [-0.05, 0) is 180 Å². The normalized spacial score (nSPS) is 14.7. The van der Waals surface area contributed by atoms with Crippen molar-refractivity contribution >= 4 is 161 Å². The zero-order valence-electron chi connectivity index (χ0n) is 46.2. The number of para-hydroxylation sites is 6. The zero-order chi connectivity index (χ0) is 53.0. The Hall–Kier alpha value is -8.34. The van der Waals surface area contributed by atoms with Crippen molar-refractivity contribution in [2.45, 2.75) is 73.1 Å². The van der Waals surface area contributed by atoms with Crippen LogP contribution >= 0.6 is 0 Å². The van der Waals surface area contributed by atoms with E-state index in [1.54, 1.807) is 0 Å². The van der Waals surface area contributed by atoms with Gasteiger partial charge >= 0.3 is 0 Å². The summed E-state index contributed by atoms with van der Waals surface area (Å²) in [5.41, 5.74) is 39.1. The van der Waals surface area contributed by atoms with E-state index in [2.05, 4.69) is 263 Å². The fraction of sp³-hybridized carbons (Fsp3) is 0.155. The van der Waals surface area contributed by atoms with Crippen LogP contribution < -0.4 is 85.2 Å². The van der Waals surface area contributed by atoms with Gasteiger partial charge in [0, 0.05) is 68.2 Å². The standard InChI is InChI=1S/C71H58B4N4/c1-40(2)45-36-47(41(3)4)65(48(37-45)42(5)6)74-49-24-12-17-29-57(49)76(46-22-10-9-11-23-46)63-38-56-64(39-55(63)74)79-61-33-21-16-28-53(61)73-51-26-14-19-31-59(51)77-58-30-18-13-25-50(58)72-52-27-15-20-32-60(52)78-62-35-44(8)43(7)34-54(62)75(56)68-70(78)66(72)69(77)67(73)71(68)79/h9-42H,1-8H3. The van der Waals surface area contributed by atoms with Crippen LogP contribution in [0, 0.1) is 13.8 Å². The molecule has 7 aliphatic rings. The third-order valence-corrected chi connectivity index (χ3v) is 19.5. The van der Waals surface area contributed by atoms with E-state index in [4.69, 9.17) is 0 Å². The van der Waals surface area contributed by atoms with Crippen LogP contribution in [0.3, 0.4) is 0 Å². The quantitative estimate of drug-likeness (QED) is 0.159. The lowest BCUT2D eigenvalue weighted by Crippen LogP contribution is -2.75. The van der Waals surface area contributed by atoms with Gasteiger partial charge in [0.25, 0.3) is 20.1 Å². The number of hydrogen-bond acceptors (Lipinski definition) is 4. The number of rotatable bonds is 5. The molecule has 4 nitrogen and oxygen atoms in total. The third-order valence-electron chi connectivity index (χ3n) is 19.5. The minimum atomic E-state index is -0.0655. The van der Waals surface area contributed by atoms with E-state index in [9.17, 15) is 0 Å². The number of aryl methyl sites for hydroxylation is 2. The highest BCUT2D eigenvalue weighted by molar-refractivity contribution is 7.09. The van der Waals surface area contributed by atoms with Gasteiger partial charge in [0.1, 0.15) is 0 Å². The van der Waals surface area contributed by atoms with Gasteiger partial charge in [0.15, 0.2) is 0 Å². The van der Waals surface area contributed by atoms with Crippen molar-refractivity contribution in [3.05, 3.63) is 216 Å². The molecule has 17 rings (SSSR count). The molecule has 79 heavy (non-hydrogen) atoms. The first-order valence-corrected chi connectivity index (χ1v) is 29.0. The Bertz CT molecular complexity index is 4310. The second kappa shape index (κ2) is 16.1. The highest BCUT2D eigenvalue weighted by Gasteiger charge is 2.58. The minimum Gasteiger partial charge on any atom is -0.312 e. The van der Waals surface area contributed by atoms with Gasteiger partial charge in [0.05, 0.1) is 0 Å². The SMILES string of the molecule is Cc1cc2c(cc1C)N1c3ccccc3B3c4ccccc4N4c5ccccc5B5c6ccccc6N6c7cc8c(cc7B2c2c1c3c4c5c26)N(c1ccccc1)c1ccccc1B8c1c(C(C)C)cc(C(C)C)cc1C(C)C. The molecule has 0 bridgehead atoms. The minimum absolute atomic E-state index is 0.0267. The predicted molar refractivity (Wildman–Crippen MR) is 342 cm³/mol. The summed E-state index contributed by atoms with van der Waals surface area (Å²) in [4.78, 5) is 10.8. The summed E-state index contributed by atoms with van der Waals surface area (Å²) in [5.74, 6) is 1.05. The summed E-state index contributed by atoms with van der Waals surface area (Å²) in [6.07, 6.45) is 0. The first kappa shape index (κ1) is 45.7. The number of fused-ring (bicyclic) bond motifs is 20. The van der Waals surface area contributed by atoms with Crippen LogP contribution in [-0.4, -0.2) is 26.9 Å². The maximum atomic E-state index is 2.78. The summed E-state index contributed by atoms with van der Waals surface area (Å²) in [6, 6.07) is 73.7. The van der Waals surface area contributed by atoms with E-state index >= 15 is 0 Å². The maximum Gasteiger partial charge on any atom is 0.252 e. The van der Waals surface area contributed by atoms with Crippen molar-refractivity contribution in [1.29, 1.82) is 0 Å². The molecular formula is C71H58B4N4. The molecule has 0 saturated heterocycles. The van der Waals surface area contributed by atoms with Crippen molar-refractivity contribution in [2.75, 3.05) is 19.6 Å². The number of nitrogens with zero attached hydrogens (tertiary/aromatic N) is 4. The van der Waals surface area contributed by atoms with E-state index in [0.717, 1.165) is 0 Å². The Morgan fingerprint density at radius 3 is 1.01 bits per heavy atom. The average Bonchev–Trinajstić information content (AvgIpc) is 2.54. The van der Waals surface area contributed by atoms with Crippen molar-refractivity contribution in [3.63, 3.8) is 0 Å². The summed E-state index contributed by atoms with van der Waals surface area (Å²) in [5, 5.41) is 0. The van der Waals surface area contributed by atoms with Crippen molar-refractivity contribution < 1.29 is 0 Å². The van der Waals surface area contributed by atoms with Gasteiger partial charge in [-0.15, -0.1) is 0 Å². The highest BCUT2D eigenvalue weighted by atomic mass is 15.2. The monoisotopic (exact) mass is 1010 g/mol. The van der Waals surface area contributed by atoms with E-state index in [1.165, 1.54) is 162 Å². The molecule has 7 aliphatic heterocycles. The smallest absolute Gasteiger partial charge is 0.252 e. The van der Waals surface area contributed by atoms with Crippen molar-refractivity contribution in [2.24, 2.45) is 0 Å². The third kappa shape index (κ3) is 5.79. The highest BCUT2D eigenvalue weighted by Crippen LogP contribution is 2.52. The molecule has 7 heterocycles. The molecule has 0 atom stereocenters. The van der Waals surface area contributed by atoms with Crippen LogP contribution in [0.5, 0.6) is 0 Å². The van der Waals surface area contributed by atoms with Crippen LogP contribution in [0.4, 0.5) is 68.2 Å². The Morgan fingerprint density at radius 2 is 0.595 bits per heavy atom. The van der Waals surface area contributed by atoms with Gasteiger partial charge in [-0.2, -0.15) is 0 Å². The Labute approximate surface area is 466 Å². The lowest BCUT2D eigenvalue weighted by Gasteiger charge is -2.56. The van der Waals surface area contributed by atoms with E-state index in [-0.39, 0.29) is 26.9 Å². The molecule has 10 aromatic carbocycles. The molecule has 0 amide bonds. The predicted octanol–water partition coefficient (Wildman–Crippen LogP) is 9.81. The summed E-state index contributed by atoms with van der Waals surface area (Å²) >= 11 is 0. The van der Waals surface area contributed by atoms with Crippen LogP contribution in [0.15, 0.2) is 188 Å². The molecule has 0 unspecified atom stereocenters. The number of anilines is 12. The molecule has 0 saturated carbocycles. The fourth-order valence-corrected chi connectivity index (χ4v) is 16.1. The van der Waals surface area contributed by atoms with Crippen LogP contribution in [0.2, 0.25) is 0 Å². The molecule has 10 aromatic rings. The zero-order valence-corrected chi connectivity index (χ0v) is 46.2. The molecule has 0 spiro atoms. The van der Waals surface area contributed by atoms with E-state index in [1.807, 2.05) is 0 Å². The maximum absolute atomic E-state index is 2.78. The first-order valence-electron chi connectivity index (χ1n) is 29.0. The molecule has 8 heteroatoms. The van der Waals surface area contributed by atoms with Crippen molar-refractivity contribution in [3.8, 4) is 0 Å². The van der Waals surface area contributed by atoms with E-state index < -0.39 is 0 Å². The first-order chi connectivity index (χ1) is 38.6. The molecule has 0 N–H and O–H groups in total. The summed E-state index contributed by atoms with van der Waals surface area (Å²) < 4.78 is 0. The lowest BCUT2D eigenvalue weighted by atomic mass is 9.24. The van der Waals surface area contributed by atoms with Crippen molar-refractivity contribution in [1.82, 2.24) is 0 Å². The van der Waals surface area contributed by atoms with Crippen LogP contribution in [0.1, 0.15) is 87.1 Å². The molecule has 0 aromatic heterocycles. The number of benzene rings is 10. The second-order valence-electron chi connectivity index (χ2n) is 24.5. The van der Waals surface area contributed by atoms with Gasteiger partial charge < -0.3 is 19.6 Å². The van der Waals surface area contributed by atoms with Gasteiger partial charge in [0.2, 0.25) is 6.71 Å². The van der Waals surface area contributed by atoms with E-state index in [0.29, 0.717) is 17.8 Å². The fourth-order valence-electron chi connectivity index (χ4n) is 16.1. The van der Waals surface area contributed by atoms with Gasteiger partial charge in [-0.3, -0.25) is 0 Å². The molecule has 374 valence electrons. The molecule has 0 fully saturated rings. The summed E-state index contributed by atoms with van der Waals surface area (Å²) in [6.45, 7) is 19.0. The number of hydrogen-bond donors (Lipinski definition) is 0. The molecule has 0 aliphatic carbocycles. The average molecular weight is 1010 g/mol. The topological polar surface area (TPSA) is 13.0 Å². The Morgan fingerprint density at radius 1 is 0.278 bits per heavy atom. The molecular weight excluding hydrogens is 952 g/mol. The van der Waals surface area contributed by atoms with Gasteiger partial charge in [-0.25, -0.2) is 0 Å².